The molecule has 0 saturated carbocycles. The first kappa shape index (κ1) is 13.8. The van der Waals surface area contributed by atoms with E-state index in [-0.39, 0.29) is 23.8 Å². The molecule has 1 aliphatic rings. The van der Waals surface area contributed by atoms with E-state index in [1.165, 1.54) is 19.2 Å². The fourth-order valence-electron chi connectivity index (χ4n) is 2.34. The van der Waals surface area contributed by atoms with E-state index in [1.54, 1.807) is 6.07 Å². The van der Waals surface area contributed by atoms with Crippen LogP contribution in [0.5, 0.6) is 5.75 Å². The number of carbonyl (C=O) groups excluding carboxylic acids is 1. The van der Waals surface area contributed by atoms with Crippen molar-refractivity contribution >= 4 is 5.91 Å². The monoisotopic (exact) mass is 266 g/mol. The number of hydrogen-bond donors (Lipinski definition) is 2. The Kier molecular flexibility index (Phi) is 4.37. The molecule has 104 valence electrons. The van der Waals surface area contributed by atoms with E-state index < -0.39 is 0 Å². The number of halogens is 1. The topological polar surface area (TPSA) is 50.4 Å². The molecule has 4 nitrogen and oxygen atoms in total. The number of nitrogens with one attached hydrogen (secondary N) is 2. The second-order valence-electron chi connectivity index (χ2n) is 4.77. The SMILES string of the molecule is COc1ccc(F)cc1C(C)NC(=O)[C@H]1CCCN1. The van der Waals surface area contributed by atoms with Crippen LogP contribution >= 0.6 is 0 Å². The molecule has 5 heteroatoms. The molecular weight excluding hydrogens is 247 g/mol. The predicted molar refractivity (Wildman–Crippen MR) is 70.5 cm³/mol. The molecule has 1 fully saturated rings. The van der Waals surface area contributed by atoms with Gasteiger partial charge in [-0.1, -0.05) is 0 Å². The zero-order valence-electron chi connectivity index (χ0n) is 11.2. The Morgan fingerprint density at radius 1 is 1.58 bits per heavy atom. The number of rotatable bonds is 4. The molecule has 2 rings (SSSR count). The Balaban J connectivity index is 2.08. The van der Waals surface area contributed by atoms with Crippen LogP contribution in [0.4, 0.5) is 4.39 Å². The van der Waals surface area contributed by atoms with Crippen molar-refractivity contribution in [2.75, 3.05) is 13.7 Å². The van der Waals surface area contributed by atoms with Crippen molar-refractivity contribution in [2.45, 2.75) is 31.8 Å². The first-order chi connectivity index (χ1) is 9.11. The normalized spacial score (nSPS) is 20.1. The number of methoxy groups -OCH3 is 1. The summed E-state index contributed by atoms with van der Waals surface area (Å²) in [4.78, 5) is 12.0. The summed E-state index contributed by atoms with van der Waals surface area (Å²) in [6.07, 6.45) is 1.86. The van der Waals surface area contributed by atoms with E-state index in [2.05, 4.69) is 10.6 Å². The van der Waals surface area contributed by atoms with Gasteiger partial charge in [0.05, 0.1) is 19.2 Å². The highest BCUT2D eigenvalue weighted by molar-refractivity contribution is 5.82. The van der Waals surface area contributed by atoms with Crippen molar-refractivity contribution in [1.82, 2.24) is 10.6 Å². The van der Waals surface area contributed by atoms with Crippen molar-refractivity contribution < 1.29 is 13.9 Å². The molecule has 1 saturated heterocycles. The van der Waals surface area contributed by atoms with Gasteiger partial charge in [-0.25, -0.2) is 4.39 Å². The van der Waals surface area contributed by atoms with Gasteiger partial charge >= 0.3 is 0 Å². The number of benzene rings is 1. The van der Waals surface area contributed by atoms with Gasteiger partial charge in [0.25, 0.3) is 0 Å². The molecule has 0 spiro atoms. The molecule has 1 amide bonds. The maximum Gasteiger partial charge on any atom is 0.237 e. The highest BCUT2D eigenvalue weighted by Gasteiger charge is 2.24. The van der Waals surface area contributed by atoms with Crippen molar-refractivity contribution in [3.63, 3.8) is 0 Å². The Bertz CT molecular complexity index is 459. The third-order valence-corrected chi connectivity index (χ3v) is 3.39. The molecule has 0 radical (unpaired) electrons. The smallest absolute Gasteiger partial charge is 0.237 e. The second-order valence-corrected chi connectivity index (χ2v) is 4.77. The minimum absolute atomic E-state index is 0.0451. The van der Waals surface area contributed by atoms with Gasteiger partial charge in [-0.2, -0.15) is 0 Å². The summed E-state index contributed by atoms with van der Waals surface area (Å²) >= 11 is 0. The van der Waals surface area contributed by atoms with E-state index in [0.717, 1.165) is 19.4 Å². The number of amides is 1. The van der Waals surface area contributed by atoms with Gasteiger partial charge in [0.1, 0.15) is 11.6 Å². The lowest BCUT2D eigenvalue weighted by molar-refractivity contribution is -0.123. The summed E-state index contributed by atoms with van der Waals surface area (Å²) < 4.78 is 18.5. The molecule has 2 atom stereocenters. The summed E-state index contributed by atoms with van der Waals surface area (Å²) in [5.74, 6) is 0.195. The lowest BCUT2D eigenvalue weighted by atomic mass is 10.1. The van der Waals surface area contributed by atoms with Crippen LogP contribution in [0.1, 0.15) is 31.4 Å². The van der Waals surface area contributed by atoms with Gasteiger partial charge < -0.3 is 15.4 Å². The third kappa shape index (κ3) is 3.23. The van der Waals surface area contributed by atoms with E-state index in [9.17, 15) is 9.18 Å². The molecule has 1 aromatic rings. The molecule has 1 heterocycles. The van der Waals surface area contributed by atoms with E-state index >= 15 is 0 Å². The number of hydrogen-bond acceptors (Lipinski definition) is 3. The van der Waals surface area contributed by atoms with Crippen LogP contribution < -0.4 is 15.4 Å². The summed E-state index contributed by atoms with van der Waals surface area (Å²) in [7, 11) is 1.53. The maximum absolute atomic E-state index is 13.3. The second kappa shape index (κ2) is 6.02. The fraction of sp³-hybridized carbons (Fsp3) is 0.500. The first-order valence-corrected chi connectivity index (χ1v) is 6.49. The van der Waals surface area contributed by atoms with E-state index in [4.69, 9.17) is 4.74 Å². The van der Waals surface area contributed by atoms with Crippen molar-refractivity contribution in [3.05, 3.63) is 29.6 Å². The summed E-state index contributed by atoms with van der Waals surface area (Å²) in [6.45, 7) is 2.69. The molecule has 2 N–H and O–H groups in total. The highest BCUT2D eigenvalue weighted by Crippen LogP contribution is 2.26. The Morgan fingerprint density at radius 3 is 3.00 bits per heavy atom. The van der Waals surface area contributed by atoms with Crippen molar-refractivity contribution in [1.29, 1.82) is 0 Å². The van der Waals surface area contributed by atoms with Crippen LogP contribution in [0, 0.1) is 5.82 Å². The quantitative estimate of drug-likeness (QED) is 0.873. The lowest BCUT2D eigenvalue weighted by Crippen LogP contribution is -2.41. The Morgan fingerprint density at radius 2 is 2.37 bits per heavy atom. The summed E-state index contributed by atoms with van der Waals surface area (Å²) in [5.41, 5.74) is 0.647. The first-order valence-electron chi connectivity index (χ1n) is 6.49. The van der Waals surface area contributed by atoms with Gasteiger partial charge in [-0.15, -0.1) is 0 Å². The van der Waals surface area contributed by atoms with Crippen molar-refractivity contribution in [2.24, 2.45) is 0 Å². The lowest BCUT2D eigenvalue weighted by Gasteiger charge is -2.19. The van der Waals surface area contributed by atoms with Gasteiger partial charge in [-0.05, 0) is 44.5 Å². The minimum atomic E-state index is -0.337. The largest absolute Gasteiger partial charge is 0.496 e. The van der Waals surface area contributed by atoms with Gasteiger partial charge in [-0.3, -0.25) is 4.79 Å². The number of ether oxygens (including phenoxy) is 1. The number of carbonyl (C=O) groups is 1. The predicted octanol–water partition coefficient (Wildman–Crippen LogP) is 1.76. The fourth-order valence-corrected chi connectivity index (χ4v) is 2.34. The van der Waals surface area contributed by atoms with Crippen LogP contribution in [0.15, 0.2) is 18.2 Å². The van der Waals surface area contributed by atoms with Crippen molar-refractivity contribution in [3.8, 4) is 5.75 Å². The van der Waals surface area contributed by atoms with Crippen LogP contribution in [0.2, 0.25) is 0 Å². The zero-order chi connectivity index (χ0) is 13.8. The minimum Gasteiger partial charge on any atom is -0.496 e. The summed E-state index contributed by atoms with van der Waals surface area (Å²) in [6, 6.07) is 3.88. The van der Waals surface area contributed by atoms with E-state index in [1.807, 2.05) is 6.92 Å². The zero-order valence-corrected chi connectivity index (χ0v) is 11.2. The van der Waals surface area contributed by atoms with Gasteiger partial charge in [0.2, 0.25) is 5.91 Å². The maximum atomic E-state index is 13.3. The molecular formula is C14H19FN2O2. The Labute approximate surface area is 112 Å². The molecule has 1 aliphatic heterocycles. The average molecular weight is 266 g/mol. The van der Waals surface area contributed by atoms with Crippen LogP contribution in [-0.4, -0.2) is 25.6 Å². The Hall–Kier alpha value is -1.62. The highest BCUT2D eigenvalue weighted by atomic mass is 19.1. The molecule has 0 aromatic heterocycles. The molecule has 0 aliphatic carbocycles. The molecule has 19 heavy (non-hydrogen) atoms. The third-order valence-electron chi connectivity index (χ3n) is 3.39. The van der Waals surface area contributed by atoms with E-state index in [0.29, 0.717) is 11.3 Å². The van der Waals surface area contributed by atoms with Crippen LogP contribution in [0.25, 0.3) is 0 Å². The van der Waals surface area contributed by atoms with Crippen LogP contribution in [-0.2, 0) is 4.79 Å². The average Bonchev–Trinajstić information content (AvgIpc) is 2.92. The van der Waals surface area contributed by atoms with Gasteiger partial charge in [0, 0.05) is 5.56 Å². The van der Waals surface area contributed by atoms with Gasteiger partial charge in [0.15, 0.2) is 0 Å². The van der Waals surface area contributed by atoms with Crippen LogP contribution in [0.3, 0.4) is 0 Å². The molecule has 1 aromatic carbocycles. The molecule has 1 unspecified atom stereocenters. The standard InChI is InChI=1S/C14H19FN2O2/c1-9(17-14(18)12-4-3-7-16-12)11-8-10(15)5-6-13(11)19-2/h5-6,8-9,12,16H,3-4,7H2,1-2H3,(H,17,18)/t9?,12-/m1/s1. The molecule has 0 bridgehead atoms. The summed E-state index contributed by atoms with van der Waals surface area (Å²) in [5, 5.41) is 6.03.